The van der Waals surface area contributed by atoms with E-state index < -0.39 is 21.6 Å². The van der Waals surface area contributed by atoms with E-state index in [2.05, 4.69) is 26.0 Å². The Morgan fingerprint density at radius 2 is 1.81 bits per heavy atom. The van der Waals surface area contributed by atoms with Crippen LogP contribution in [-0.2, 0) is 10.0 Å². The molecule has 31 heavy (non-hydrogen) atoms. The maximum atomic E-state index is 14.7. The highest BCUT2D eigenvalue weighted by molar-refractivity contribution is 9.10. The van der Waals surface area contributed by atoms with Crippen molar-refractivity contribution in [2.24, 2.45) is 0 Å². The summed E-state index contributed by atoms with van der Waals surface area (Å²) in [7, 11) is -4.18. The predicted octanol–water partition coefficient (Wildman–Crippen LogP) is 4.00. The van der Waals surface area contributed by atoms with Crippen LogP contribution in [0.5, 0.6) is 0 Å². The Balaban J connectivity index is 1.91. The molecule has 0 unspecified atom stereocenters. The number of halogens is 2. The monoisotopic (exact) mass is 502 g/mol. The van der Waals surface area contributed by atoms with Crippen LogP contribution in [0.3, 0.4) is 0 Å². The number of aromatic nitrogens is 3. The lowest BCUT2D eigenvalue weighted by molar-refractivity contribution is 0.103. The number of carbonyl (C=O) groups excluding carboxylic acids is 1. The number of nitrogens with two attached hydrogens (primary N) is 1. The van der Waals surface area contributed by atoms with Gasteiger partial charge in [-0.15, -0.1) is 0 Å². The first-order chi connectivity index (χ1) is 14.6. The van der Waals surface area contributed by atoms with Crippen LogP contribution in [0.1, 0.15) is 27.2 Å². The molecule has 0 radical (unpaired) electrons. The molecule has 0 atom stereocenters. The van der Waals surface area contributed by atoms with Crippen molar-refractivity contribution in [2.75, 3.05) is 5.73 Å². The highest BCUT2D eigenvalue weighted by Gasteiger charge is 2.26. The van der Waals surface area contributed by atoms with Gasteiger partial charge in [0.25, 0.3) is 10.0 Å². The largest absolute Gasteiger partial charge is 0.397 e. The van der Waals surface area contributed by atoms with Gasteiger partial charge in [-0.05, 0) is 65.7 Å². The van der Waals surface area contributed by atoms with Gasteiger partial charge in [-0.2, -0.15) is 17.6 Å². The third kappa shape index (κ3) is 3.51. The van der Waals surface area contributed by atoms with E-state index in [4.69, 9.17) is 5.73 Å². The number of pyridine rings is 1. The quantitative estimate of drug-likeness (QED) is 0.333. The van der Waals surface area contributed by atoms with Gasteiger partial charge in [0.15, 0.2) is 0 Å². The van der Waals surface area contributed by atoms with E-state index in [1.54, 1.807) is 25.1 Å². The van der Waals surface area contributed by atoms with Gasteiger partial charge in [-0.3, -0.25) is 4.79 Å². The van der Waals surface area contributed by atoms with Gasteiger partial charge in [-0.25, -0.2) is 9.37 Å². The minimum Gasteiger partial charge on any atom is -0.397 e. The highest BCUT2D eigenvalue weighted by atomic mass is 79.9. The second kappa shape index (κ2) is 7.54. The zero-order chi connectivity index (χ0) is 22.5. The van der Waals surface area contributed by atoms with Gasteiger partial charge >= 0.3 is 0 Å². The summed E-state index contributed by atoms with van der Waals surface area (Å²) < 4.78 is 41.9. The Kier molecular flexibility index (Phi) is 5.14. The molecule has 0 fully saturated rings. The number of fused-ring (bicyclic) bond motifs is 1. The van der Waals surface area contributed by atoms with Crippen LogP contribution in [0, 0.1) is 19.7 Å². The first-order valence-corrected chi connectivity index (χ1v) is 11.3. The van der Waals surface area contributed by atoms with Crippen molar-refractivity contribution in [3.63, 3.8) is 0 Å². The van der Waals surface area contributed by atoms with Gasteiger partial charge in [0.1, 0.15) is 21.6 Å². The number of anilines is 1. The second-order valence-electron chi connectivity index (χ2n) is 7.03. The fourth-order valence-corrected chi connectivity index (χ4v) is 4.75. The summed E-state index contributed by atoms with van der Waals surface area (Å²) in [6, 6.07) is 9.98. The SMILES string of the molecule is Cc1ccc(S(=O)(=O)n2ncc3c(C(=O)c4nc(Br)c(C)cc4N)ccc(F)c32)cc1. The van der Waals surface area contributed by atoms with E-state index >= 15 is 0 Å². The standard InChI is InChI=1S/C21H16BrFN4O3S/c1-11-3-5-13(6-4-11)31(29,30)27-19-15(10-25-27)14(7-8-16(19)23)20(28)18-17(24)9-12(2)21(22)26-18/h3-10H,24H2,1-2H3. The molecule has 2 aromatic heterocycles. The van der Waals surface area contributed by atoms with Crippen LogP contribution in [0.25, 0.3) is 10.9 Å². The van der Waals surface area contributed by atoms with Crippen molar-refractivity contribution in [2.45, 2.75) is 18.7 Å². The summed E-state index contributed by atoms with van der Waals surface area (Å²) >= 11 is 3.27. The zero-order valence-electron chi connectivity index (χ0n) is 16.4. The van der Waals surface area contributed by atoms with Crippen LogP contribution in [0.2, 0.25) is 0 Å². The molecule has 2 heterocycles. The molecular weight excluding hydrogens is 487 g/mol. The molecule has 0 saturated heterocycles. The zero-order valence-corrected chi connectivity index (χ0v) is 18.8. The van der Waals surface area contributed by atoms with Gasteiger partial charge in [-0.1, -0.05) is 17.7 Å². The minimum absolute atomic E-state index is 0.0282. The molecule has 2 aromatic carbocycles. The Labute approximate surface area is 185 Å². The van der Waals surface area contributed by atoms with Crippen LogP contribution < -0.4 is 5.73 Å². The smallest absolute Gasteiger partial charge is 0.283 e. The van der Waals surface area contributed by atoms with E-state index in [1.165, 1.54) is 18.2 Å². The first-order valence-electron chi connectivity index (χ1n) is 9.07. The summed E-state index contributed by atoms with van der Waals surface area (Å²) in [5.41, 5.74) is 7.43. The van der Waals surface area contributed by atoms with E-state index in [0.29, 0.717) is 8.69 Å². The molecule has 0 spiro atoms. The molecule has 2 N–H and O–H groups in total. The number of hydrogen-bond donors (Lipinski definition) is 1. The lowest BCUT2D eigenvalue weighted by Gasteiger charge is -2.09. The number of nitrogens with zero attached hydrogens (tertiary/aromatic N) is 3. The molecule has 4 rings (SSSR count). The normalized spacial score (nSPS) is 11.7. The minimum atomic E-state index is -4.18. The summed E-state index contributed by atoms with van der Waals surface area (Å²) in [5, 5.41) is 3.93. The number of nitrogen functional groups attached to an aromatic ring is 1. The topological polar surface area (TPSA) is 108 Å². The molecule has 0 aliphatic carbocycles. The Morgan fingerprint density at radius 1 is 1.13 bits per heavy atom. The third-order valence-electron chi connectivity index (χ3n) is 4.84. The molecule has 10 heteroatoms. The lowest BCUT2D eigenvalue weighted by Crippen LogP contribution is -2.15. The summed E-state index contributed by atoms with van der Waals surface area (Å²) in [6.07, 6.45) is 1.15. The van der Waals surface area contributed by atoms with Crippen molar-refractivity contribution < 1.29 is 17.6 Å². The van der Waals surface area contributed by atoms with Crippen molar-refractivity contribution in [1.29, 1.82) is 0 Å². The number of aryl methyl sites for hydroxylation is 2. The highest BCUT2D eigenvalue weighted by Crippen LogP contribution is 2.29. The maximum Gasteiger partial charge on any atom is 0.283 e. The van der Waals surface area contributed by atoms with Crippen molar-refractivity contribution >= 4 is 48.3 Å². The Hall–Kier alpha value is -3.11. The van der Waals surface area contributed by atoms with Crippen LogP contribution >= 0.6 is 15.9 Å². The van der Waals surface area contributed by atoms with Crippen LogP contribution in [-0.4, -0.2) is 28.4 Å². The first kappa shape index (κ1) is 21.1. The molecule has 0 bridgehead atoms. The fraction of sp³-hybridized carbons (Fsp3) is 0.0952. The number of ketones is 1. The van der Waals surface area contributed by atoms with E-state index in [1.807, 2.05) is 6.92 Å². The molecule has 0 aliphatic heterocycles. The number of rotatable bonds is 4. The van der Waals surface area contributed by atoms with Gasteiger partial charge in [0.2, 0.25) is 5.78 Å². The second-order valence-corrected chi connectivity index (χ2v) is 9.54. The lowest BCUT2D eigenvalue weighted by atomic mass is 10.0. The molecule has 0 saturated carbocycles. The van der Waals surface area contributed by atoms with Crippen LogP contribution in [0.15, 0.2) is 58.2 Å². The number of carbonyl (C=O) groups is 1. The summed E-state index contributed by atoms with van der Waals surface area (Å²) in [5.74, 6) is -1.40. The predicted molar refractivity (Wildman–Crippen MR) is 118 cm³/mol. The summed E-state index contributed by atoms with van der Waals surface area (Å²) in [4.78, 5) is 17.3. The van der Waals surface area contributed by atoms with Gasteiger partial charge < -0.3 is 5.73 Å². The number of benzene rings is 2. The van der Waals surface area contributed by atoms with Crippen molar-refractivity contribution in [3.8, 4) is 0 Å². The average Bonchev–Trinajstić information content (AvgIpc) is 3.18. The summed E-state index contributed by atoms with van der Waals surface area (Å²) in [6.45, 7) is 3.60. The molecule has 0 amide bonds. The van der Waals surface area contributed by atoms with Crippen molar-refractivity contribution in [1.82, 2.24) is 14.2 Å². The van der Waals surface area contributed by atoms with Gasteiger partial charge in [0, 0.05) is 10.9 Å². The molecule has 158 valence electrons. The van der Waals surface area contributed by atoms with Crippen molar-refractivity contribution in [3.05, 3.63) is 81.5 Å². The maximum absolute atomic E-state index is 14.7. The van der Waals surface area contributed by atoms with Gasteiger partial charge in [0.05, 0.1) is 16.8 Å². The van der Waals surface area contributed by atoms with E-state index in [9.17, 15) is 17.6 Å². The Morgan fingerprint density at radius 3 is 2.48 bits per heavy atom. The number of hydrogen-bond acceptors (Lipinski definition) is 6. The van der Waals surface area contributed by atoms with E-state index in [0.717, 1.165) is 23.4 Å². The third-order valence-corrected chi connectivity index (χ3v) is 7.24. The molecular formula is C21H16BrFN4O3S. The molecule has 4 aromatic rings. The van der Waals surface area contributed by atoms with E-state index in [-0.39, 0.29) is 32.7 Å². The average molecular weight is 503 g/mol. The molecule has 0 aliphatic rings. The van der Waals surface area contributed by atoms with Crippen LogP contribution in [0.4, 0.5) is 10.1 Å². The fourth-order valence-electron chi connectivity index (χ4n) is 3.19. The Bertz CT molecular complexity index is 1460. The molecule has 7 nitrogen and oxygen atoms in total.